The summed E-state index contributed by atoms with van der Waals surface area (Å²) in [5, 5.41) is 3.47. The van der Waals surface area contributed by atoms with Gasteiger partial charge in [-0.05, 0) is 78.9 Å². The molecule has 0 amide bonds. The minimum absolute atomic E-state index is 0.819. The Kier molecular flexibility index (Phi) is 8.64. The molecule has 0 bridgehead atoms. The second-order valence-corrected chi connectivity index (χ2v) is 5.85. The number of likely N-dealkylation sites (tertiary alicyclic amines) is 1. The van der Waals surface area contributed by atoms with Gasteiger partial charge in [-0.15, -0.1) is 0 Å². The van der Waals surface area contributed by atoms with Crippen LogP contribution in [-0.4, -0.2) is 62.7 Å². The predicted octanol–water partition coefficient (Wildman–Crippen LogP) is 2.18. The average molecular weight is 255 g/mol. The van der Waals surface area contributed by atoms with Crippen molar-refractivity contribution in [1.29, 1.82) is 0 Å². The summed E-state index contributed by atoms with van der Waals surface area (Å²) in [6.07, 6.45) is 8.05. The first-order valence-corrected chi connectivity index (χ1v) is 7.83. The van der Waals surface area contributed by atoms with Crippen LogP contribution in [0.25, 0.3) is 0 Å². The summed E-state index contributed by atoms with van der Waals surface area (Å²) in [6.45, 7) is 8.53. The number of unbranched alkanes of at least 4 members (excludes halogenated alkanes) is 2. The highest BCUT2D eigenvalue weighted by Crippen LogP contribution is 2.14. The van der Waals surface area contributed by atoms with Crippen LogP contribution in [0, 0.1) is 0 Å². The van der Waals surface area contributed by atoms with Gasteiger partial charge in [-0.3, -0.25) is 0 Å². The normalized spacial score (nSPS) is 18.7. The summed E-state index contributed by atoms with van der Waals surface area (Å²) in [6, 6.07) is 0.819. The minimum Gasteiger partial charge on any atom is -0.317 e. The molecule has 1 saturated heterocycles. The molecular weight excluding hydrogens is 222 g/mol. The summed E-state index contributed by atoms with van der Waals surface area (Å²) in [5.41, 5.74) is 0. The van der Waals surface area contributed by atoms with E-state index in [0.717, 1.165) is 6.04 Å². The molecule has 0 aromatic rings. The molecule has 0 aromatic carbocycles. The lowest BCUT2D eigenvalue weighted by molar-refractivity contribution is 0.143. The molecule has 1 heterocycles. The topological polar surface area (TPSA) is 18.5 Å². The fourth-order valence-electron chi connectivity index (χ4n) is 2.72. The van der Waals surface area contributed by atoms with Crippen molar-refractivity contribution in [3.8, 4) is 0 Å². The Morgan fingerprint density at radius 2 is 1.78 bits per heavy atom. The van der Waals surface area contributed by atoms with E-state index in [-0.39, 0.29) is 0 Å². The van der Waals surface area contributed by atoms with E-state index in [9.17, 15) is 0 Å². The van der Waals surface area contributed by atoms with Crippen LogP contribution in [-0.2, 0) is 0 Å². The Hall–Kier alpha value is -0.120. The number of rotatable bonds is 9. The smallest absolute Gasteiger partial charge is 0.0113 e. The Morgan fingerprint density at radius 1 is 1.06 bits per heavy atom. The summed E-state index contributed by atoms with van der Waals surface area (Å²) in [7, 11) is 4.42. The standard InChI is InChI=1S/C15H33N3/c1-4-10-16-11-6-5-7-12-18-13-8-15(9-14-18)17(2)3/h15-16H,4-14H2,1-3H3. The van der Waals surface area contributed by atoms with Gasteiger partial charge in [-0.25, -0.2) is 0 Å². The zero-order valence-corrected chi connectivity index (χ0v) is 12.7. The molecule has 0 unspecified atom stereocenters. The van der Waals surface area contributed by atoms with Crippen molar-refractivity contribution in [2.24, 2.45) is 0 Å². The molecule has 1 rings (SSSR count). The molecule has 0 aromatic heterocycles. The van der Waals surface area contributed by atoms with Gasteiger partial charge in [0, 0.05) is 6.04 Å². The molecule has 0 aliphatic carbocycles. The third-order valence-corrected chi connectivity index (χ3v) is 4.04. The molecule has 3 heteroatoms. The summed E-state index contributed by atoms with van der Waals surface area (Å²) in [4.78, 5) is 5.04. The lowest BCUT2D eigenvalue weighted by atomic mass is 10.0. The van der Waals surface area contributed by atoms with Gasteiger partial charge < -0.3 is 15.1 Å². The molecule has 1 aliphatic rings. The quantitative estimate of drug-likeness (QED) is 0.637. The predicted molar refractivity (Wildman–Crippen MR) is 80.2 cm³/mol. The highest BCUT2D eigenvalue weighted by atomic mass is 15.2. The lowest BCUT2D eigenvalue weighted by Crippen LogP contribution is -2.42. The van der Waals surface area contributed by atoms with Crippen molar-refractivity contribution in [3.05, 3.63) is 0 Å². The van der Waals surface area contributed by atoms with Crippen LogP contribution in [0.5, 0.6) is 0 Å². The third-order valence-electron chi connectivity index (χ3n) is 4.04. The number of hydrogen-bond acceptors (Lipinski definition) is 3. The van der Waals surface area contributed by atoms with E-state index in [1.165, 1.54) is 71.2 Å². The van der Waals surface area contributed by atoms with E-state index in [2.05, 4.69) is 36.1 Å². The van der Waals surface area contributed by atoms with E-state index in [1.54, 1.807) is 0 Å². The van der Waals surface area contributed by atoms with Crippen molar-refractivity contribution in [2.45, 2.75) is 51.5 Å². The third kappa shape index (κ3) is 6.72. The van der Waals surface area contributed by atoms with Gasteiger partial charge in [0.1, 0.15) is 0 Å². The molecule has 1 aliphatic heterocycles. The summed E-state index contributed by atoms with van der Waals surface area (Å²) in [5.74, 6) is 0. The van der Waals surface area contributed by atoms with E-state index < -0.39 is 0 Å². The number of piperidine rings is 1. The van der Waals surface area contributed by atoms with Crippen molar-refractivity contribution < 1.29 is 0 Å². The van der Waals surface area contributed by atoms with Gasteiger partial charge in [0.05, 0.1) is 0 Å². The monoisotopic (exact) mass is 255 g/mol. The van der Waals surface area contributed by atoms with Crippen molar-refractivity contribution in [2.75, 3.05) is 46.8 Å². The fraction of sp³-hybridized carbons (Fsp3) is 1.00. The Balaban J connectivity index is 1.91. The van der Waals surface area contributed by atoms with Crippen LogP contribution in [0.2, 0.25) is 0 Å². The van der Waals surface area contributed by atoms with Crippen LogP contribution in [0.3, 0.4) is 0 Å². The molecule has 0 saturated carbocycles. The second-order valence-electron chi connectivity index (χ2n) is 5.85. The summed E-state index contributed by atoms with van der Waals surface area (Å²) < 4.78 is 0. The average Bonchev–Trinajstić information content (AvgIpc) is 2.38. The highest BCUT2D eigenvalue weighted by Gasteiger charge is 2.19. The molecular formula is C15H33N3. The highest BCUT2D eigenvalue weighted by molar-refractivity contribution is 4.76. The van der Waals surface area contributed by atoms with E-state index in [0.29, 0.717) is 0 Å². The van der Waals surface area contributed by atoms with Gasteiger partial charge in [-0.1, -0.05) is 13.3 Å². The fourth-order valence-corrected chi connectivity index (χ4v) is 2.72. The lowest BCUT2D eigenvalue weighted by Gasteiger charge is -2.35. The van der Waals surface area contributed by atoms with Crippen molar-refractivity contribution >= 4 is 0 Å². The zero-order chi connectivity index (χ0) is 13.2. The van der Waals surface area contributed by atoms with Crippen LogP contribution in [0.4, 0.5) is 0 Å². The molecule has 1 fully saturated rings. The molecule has 0 atom stereocenters. The van der Waals surface area contributed by atoms with Crippen LogP contribution in [0.15, 0.2) is 0 Å². The van der Waals surface area contributed by atoms with Gasteiger partial charge in [0.25, 0.3) is 0 Å². The first-order valence-electron chi connectivity index (χ1n) is 7.83. The van der Waals surface area contributed by atoms with Gasteiger partial charge in [0.15, 0.2) is 0 Å². The first-order chi connectivity index (χ1) is 8.74. The molecule has 1 N–H and O–H groups in total. The number of nitrogens with one attached hydrogen (secondary N) is 1. The number of hydrogen-bond donors (Lipinski definition) is 1. The minimum atomic E-state index is 0.819. The Bertz CT molecular complexity index is 186. The summed E-state index contributed by atoms with van der Waals surface area (Å²) >= 11 is 0. The zero-order valence-electron chi connectivity index (χ0n) is 12.7. The Labute approximate surface area is 114 Å². The molecule has 0 spiro atoms. The van der Waals surface area contributed by atoms with Crippen LogP contribution < -0.4 is 5.32 Å². The van der Waals surface area contributed by atoms with Crippen LogP contribution in [0.1, 0.15) is 45.4 Å². The maximum Gasteiger partial charge on any atom is 0.0113 e. The maximum atomic E-state index is 3.47. The molecule has 18 heavy (non-hydrogen) atoms. The van der Waals surface area contributed by atoms with Crippen molar-refractivity contribution in [1.82, 2.24) is 15.1 Å². The molecule has 108 valence electrons. The van der Waals surface area contributed by atoms with Crippen molar-refractivity contribution in [3.63, 3.8) is 0 Å². The second kappa shape index (κ2) is 9.76. The van der Waals surface area contributed by atoms with Gasteiger partial charge in [0.2, 0.25) is 0 Å². The van der Waals surface area contributed by atoms with Crippen LogP contribution >= 0.6 is 0 Å². The van der Waals surface area contributed by atoms with Gasteiger partial charge >= 0.3 is 0 Å². The van der Waals surface area contributed by atoms with E-state index in [1.807, 2.05) is 0 Å². The maximum absolute atomic E-state index is 3.47. The SMILES string of the molecule is CCCNCCCCCN1CCC(N(C)C)CC1. The Morgan fingerprint density at radius 3 is 2.39 bits per heavy atom. The largest absolute Gasteiger partial charge is 0.317 e. The molecule has 3 nitrogen and oxygen atoms in total. The van der Waals surface area contributed by atoms with Gasteiger partial charge in [-0.2, -0.15) is 0 Å². The van der Waals surface area contributed by atoms with E-state index in [4.69, 9.17) is 0 Å². The molecule has 0 radical (unpaired) electrons. The number of nitrogens with zero attached hydrogens (tertiary/aromatic N) is 2. The first kappa shape index (κ1) is 15.9. The van der Waals surface area contributed by atoms with E-state index >= 15 is 0 Å².